The van der Waals surface area contributed by atoms with Gasteiger partial charge in [0.15, 0.2) is 0 Å². The number of carbonyl (C=O) groups is 2. The van der Waals surface area contributed by atoms with Crippen LogP contribution in [0.15, 0.2) is 36.2 Å². The molecular formula is C26H25ClN4O3S. The summed E-state index contributed by atoms with van der Waals surface area (Å²) in [6.07, 6.45) is 7.00. The molecule has 2 fully saturated rings. The predicted molar refractivity (Wildman–Crippen MR) is 135 cm³/mol. The summed E-state index contributed by atoms with van der Waals surface area (Å²) in [4.78, 5) is 37.0. The summed E-state index contributed by atoms with van der Waals surface area (Å²) < 4.78 is 7.39. The maximum Gasteiger partial charge on any atom is 0.257 e. The SMILES string of the molecule is Cc1cc(Cl)cc(-c2ncnc3cc(CN4C(=O)C5=CCCC5C4=O)sc23)c1OC1CCNCC1. The van der Waals surface area contributed by atoms with E-state index in [-0.39, 0.29) is 30.4 Å². The van der Waals surface area contributed by atoms with Gasteiger partial charge in [0.2, 0.25) is 5.91 Å². The van der Waals surface area contributed by atoms with E-state index in [0.717, 1.165) is 76.4 Å². The van der Waals surface area contributed by atoms with Crippen LogP contribution in [-0.2, 0) is 16.1 Å². The highest BCUT2D eigenvalue weighted by molar-refractivity contribution is 7.19. The lowest BCUT2D eigenvalue weighted by Gasteiger charge is -2.26. The Labute approximate surface area is 212 Å². The molecule has 35 heavy (non-hydrogen) atoms. The number of benzene rings is 1. The van der Waals surface area contributed by atoms with Gasteiger partial charge in [-0.25, -0.2) is 9.97 Å². The number of piperidine rings is 1. The fourth-order valence-electron chi connectivity index (χ4n) is 5.26. The summed E-state index contributed by atoms with van der Waals surface area (Å²) in [6.45, 7) is 4.12. The second-order valence-corrected chi connectivity index (χ2v) is 10.9. The Morgan fingerprint density at radius 3 is 2.80 bits per heavy atom. The number of imide groups is 1. The van der Waals surface area contributed by atoms with E-state index >= 15 is 0 Å². The minimum Gasteiger partial charge on any atom is -0.489 e. The zero-order valence-electron chi connectivity index (χ0n) is 19.3. The molecular weight excluding hydrogens is 484 g/mol. The maximum absolute atomic E-state index is 12.8. The number of hydrogen-bond donors (Lipinski definition) is 1. The van der Waals surface area contributed by atoms with E-state index in [1.807, 2.05) is 31.2 Å². The van der Waals surface area contributed by atoms with E-state index in [1.54, 1.807) is 6.33 Å². The lowest BCUT2D eigenvalue weighted by Crippen LogP contribution is -2.34. The smallest absolute Gasteiger partial charge is 0.257 e. The first-order valence-electron chi connectivity index (χ1n) is 12.0. The zero-order valence-corrected chi connectivity index (χ0v) is 20.9. The first-order valence-corrected chi connectivity index (χ1v) is 13.2. The number of aryl methyl sites for hydroxylation is 1. The van der Waals surface area contributed by atoms with Crippen molar-refractivity contribution in [1.82, 2.24) is 20.2 Å². The number of allylic oxidation sites excluding steroid dienone is 1. The molecule has 4 heterocycles. The van der Waals surface area contributed by atoms with Crippen molar-refractivity contribution in [1.29, 1.82) is 0 Å². The number of carbonyl (C=O) groups excluding carboxylic acids is 2. The van der Waals surface area contributed by atoms with Gasteiger partial charge in [0.1, 0.15) is 18.2 Å². The number of fused-ring (bicyclic) bond motifs is 2. The second kappa shape index (κ2) is 9.00. The van der Waals surface area contributed by atoms with Crippen LogP contribution in [0.5, 0.6) is 5.75 Å². The van der Waals surface area contributed by atoms with Crippen LogP contribution in [0, 0.1) is 12.8 Å². The van der Waals surface area contributed by atoms with Crippen molar-refractivity contribution < 1.29 is 14.3 Å². The maximum atomic E-state index is 12.8. The molecule has 1 atom stereocenters. The number of ether oxygens (including phenoxy) is 1. The van der Waals surface area contributed by atoms with Crippen molar-refractivity contribution >= 4 is 45.0 Å². The van der Waals surface area contributed by atoms with Crippen LogP contribution < -0.4 is 10.1 Å². The molecule has 7 nitrogen and oxygen atoms in total. The minimum atomic E-state index is -0.267. The molecule has 1 unspecified atom stereocenters. The molecule has 1 aliphatic carbocycles. The van der Waals surface area contributed by atoms with Crippen molar-refractivity contribution in [2.45, 2.75) is 45.3 Å². The normalized spacial score (nSPS) is 20.6. The van der Waals surface area contributed by atoms with Gasteiger partial charge in [-0.05, 0) is 69.5 Å². The molecule has 6 rings (SSSR count). The lowest BCUT2D eigenvalue weighted by atomic mass is 10.0. The van der Waals surface area contributed by atoms with Crippen molar-refractivity contribution in [2.24, 2.45) is 5.92 Å². The summed E-state index contributed by atoms with van der Waals surface area (Å²) in [7, 11) is 0. The van der Waals surface area contributed by atoms with Gasteiger partial charge in [0.05, 0.1) is 28.4 Å². The van der Waals surface area contributed by atoms with E-state index in [4.69, 9.17) is 16.3 Å². The molecule has 0 saturated carbocycles. The number of likely N-dealkylation sites (tertiary alicyclic amines) is 1. The van der Waals surface area contributed by atoms with Crippen molar-refractivity contribution in [3.63, 3.8) is 0 Å². The molecule has 2 amide bonds. The molecule has 2 saturated heterocycles. The van der Waals surface area contributed by atoms with Gasteiger partial charge in [-0.15, -0.1) is 11.3 Å². The number of nitrogens with zero attached hydrogens (tertiary/aromatic N) is 3. The Kier molecular flexibility index (Phi) is 5.82. The zero-order chi connectivity index (χ0) is 24.1. The third-order valence-corrected chi connectivity index (χ3v) is 8.33. The number of aromatic nitrogens is 2. The third-order valence-electron chi connectivity index (χ3n) is 6.99. The number of halogens is 1. The van der Waals surface area contributed by atoms with Crippen molar-refractivity contribution in [3.05, 3.63) is 51.6 Å². The fraction of sp³-hybridized carbons (Fsp3) is 0.385. The summed E-state index contributed by atoms with van der Waals surface area (Å²) >= 11 is 7.98. The fourth-order valence-corrected chi connectivity index (χ4v) is 6.64. The van der Waals surface area contributed by atoms with Crippen LogP contribution in [-0.4, -0.2) is 45.9 Å². The topological polar surface area (TPSA) is 84.4 Å². The number of hydrogen-bond acceptors (Lipinski definition) is 7. The standard InChI is InChI=1S/C26H25ClN4O3S/c1-14-9-15(27)10-20(23(14)34-16-5-7-28-8-6-16)22-24-21(29-13-30-22)11-17(35-24)12-31-25(32)18-3-2-4-19(18)26(31)33/h3,9-11,13,16,19,28H,2,4-8,12H2,1H3. The van der Waals surface area contributed by atoms with Crippen LogP contribution in [0.3, 0.4) is 0 Å². The largest absolute Gasteiger partial charge is 0.489 e. The first-order chi connectivity index (χ1) is 17.0. The van der Waals surface area contributed by atoms with Crippen LogP contribution in [0.4, 0.5) is 0 Å². The highest BCUT2D eigenvalue weighted by Gasteiger charge is 2.44. The second-order valence-electron chi connectivity index (χ2n) is 9.33. The van der Waals surface area contributed by atoms with E-state index in [1.165, 1.54) is 16.2 Å². The molecule has 1 N–H and O–H groups in total. The van der Waals surface area contributed by atoms with E-state index < -0.39 is 0 Å². The Morgan fingerprint density at radius 2 is 2.00 bits per heavy atom. The first kappa shape index (κ1) is 22.6. The molecule has 2 aromatic heterocycles. The number of rotatable bonds is 5. The minimum absolute atomic E-state index is 0.0920. The van der Waals surface area contributed by atoms with Gasteiger partial charge < -0.3 is 10.1 Å². The van der Waals surface area contributed by atoms with E-state index in [9.17, 15) is 9.59 Å². The van der Waals surface area contributed by atoms with Crippen LogP contribution in [0.25, 0.3) is 21.5 Å². The van der Waals surface area contributed by atoms with Gasteiger partial charge in [0, 0.05) is 21.0 Å². The third kappa shape index (κ3) is 4.03. The van der Waals surface area contributed by atoms with Crippen LogP contribution in [0.1, 0.15) is 36.1 Å². The molecule has 0 spiro atoms. The number of thiophene rings is 1. The van der Waals surface area contributed by atoms with Crippen LogP contribution in [0.2, 0.25) is 5.02 Å². The summed E-state index contributed by atoms with van der Waals surface area (Å²) in [6, 6.07) is 5.75. The van der Waals surface area contributed by atoms with Gasteiger partial charge in [-0.1, -0.05) is 17.7 Å². The van der Waals surface area contributed by atoms with Gasteiger partial charge in [-0.2, -0.15) is 0 Å². The Bertz CT molecular complexity index is 1380. The lowest BCUT2D eigenvalue weighted by molar-refractivity contribution is -0.139. The molecule has 3 aromatic rings. The number of nitrogens with one attached hydrogen (secondary N) is 1. The van der Waals surface area contributed by atoms with Gasteiger partial charge in [-0.3, -0.25) is 14.5 Å². The molecule has 3 aliphatic rings. The molecule has 0 bridgehead atoms. The molecule has 180 valence electrons. The quantitative estimate of drug-likeness (QED) is 0.505. The molecule has 2 aliphatic heterocycles. The van der Waals surface area contributed by atoms with Gasteiger partial charge in [0.25, 0.3) is 5.91 Å². The Balaban J connectivity index is 1.37. The Morgan fingerprint density at radius 1 is 1.17 bits per heavy atom. The summed E-state index contributed by atoms with van der Waals surface area (Å²) in [5.74, 6) is 0.271. The average Bonchev–Trinajstić information content (AvgIpc) is 3.55. The Hall–Kier alpha value is -2.81. The average molecular weight is 509 g/mol. The highest BCUT2D eigenvalue weighted by Crippen LogP contribution is 2.42. The van der Waals surface area contributed by atoms with Gasteiger partial charge >= 0.3 is 0 Å². The van der Waals surface area contributed by atoms with Crippen molar-refractivity contribution in [3.8, 4) is 17.0 Å². The molecule has 1 aromatic carbocycles. The molecule has 0 radical (unpaired) electrons. The van der Waals surface area contributed by atoms with Crippen LogP contribution >= 0.6 is 22.9 Å². The van der Waals surface area contributed by atoms with E-state index in [2.05, 4.69) is 15.3 Å². The predicted octanol–water partition coefficient (Wildman–Crippen LogP) is 4.66. The molecule has 9 heteroatoms. The highest BCUT2D eigenvalue weighted by atomic mass is 35.5. The van der Waals surface area contributed by atoms with Crippen molar-refractivity contribution in [2.75, 3.05) is 13.1 Å². The summed E-state index contributed by atoms with van der Waals surface area (Å²) in [5.41, 5.74) is 3.98. The summed E-state index contributed by atoms with van der Waals surface area (Å²) in [5, 5.41) is 3.99. The van der Waals surface area contributed by atoms with E-state index in [0.29, 0.717) is 10.6 Å². The number of amides is 2. The monoisotopic (exact) mass is 508 g/mol.